The van der Waals surface area contributed by atoms with E-state index in [0.29, 0.717) is 0 Å². The van der Waals surface area contributed by atoms with Gasteiger partial charge in [0.1, 0.15) is 11.4 Å². The third kappa shape index (κ3) is 3.50. The molecule has 120 valence electrons. The molecular weight excluding hydrogens is 381 g/mol. The van der Waals surface area contributed by atoms with Crippen molar-refractivity contribution in [1.82, 2.24) is 4.90 Å². The van der Waals surface area contributed by atoms with Gasteiger partial charge in [-0.25, -0.2) is 9.18 Å². The minimum absolute atomic E-state index is 0.0607. The molecule has 9 heteroatoms. The summed E-state index contributed by atoms with van der Waals surface area (Å²) in [6.45, 7) is 0.329. The summed E-state index contributed by atoms with van der Waals surface area (Å²) in [6, 6.07) is 2.08. The maximum atomic E-state index is 13.5. The molecule has 0 spiro atoms. The first-order chi connectivity index (χ1) is 10.2. The van der Waals surface area contributed by atoms with Gasteiger partial charge in [-0.2, -0.15) is 0 Å². The Morgan fingerprint density at radius 2 is 2.00 bits per heavy atom. The van der Waals surface area contributed by atoms with Gasteiger partial charge >= 0.3 is 6.03 Å². The number of nitrogens with zero attached hydrogens (tertiary/aromatic N) is 1. The van der Waals surface area contributed by atoms with Gasteiger partial charge in [0, 0.05) is 31.6 Å². The third-order valence-corrected chi connectivity index (χ3v) is 4.90. The van der Waals surface area contributed by atoms with Crippen molar-refractivity contribution in [3.05, 3.63) is 27.4 Å². The lowest BCUT2D eigenvalue weighted by atomic mass is 9.91. The van der Waals surface area contributed by atoms with E-state index < -0.39 is 23.4 Å². The first-order valence-corrected chi connectivity index (χ1v) is 7.63. The van der Waals surface area contributed by atoms with Crippen molar-refractivity contribution in [3.8, 4) is 0 Å². The van der Waals surface area contributed by atoms with Crippen LogP contribution >= 0.6 is 27.5 Å². The van der Waals surface area contributed by atoms with E-state index in [1.54, 1.807) is 0 Å². The van der Waals surface area contributed by atoms with Crippen molar-refractivity contribution in [2.45, 2.75) is 18.4 Å². The molecule has 3 amide bonds. The Labute approximate surface area is 139 Å². The van der Waals surface area contributed by atoms with E-state index in [2.05, 4.69) is 21.2 Å². The van der Waals surface area contributed by atoms with E-state index >= 15 is 0 Å². The predicted octanol–water partition coefficient (Wildman–Crippen LogP) is 2.09. The molecule has 0 atom stereocenters. The highest BCUT2D eigenvalue weighted by Gasteiger charge is 2.38. The van der Waals surface area contributed by atoms with Crippen molar-refractivity contribution >= 4 is 45.2 Å². The number of piperidine rings is 1. The molecule has 0 radical (unpaired) electrons. The Kier molecular flexibility index (Phi) is 4.93. The Bertz CT molecular complexity index is 598. The Morgan fingerprint density at radius 1 is 1.41 bits per heavy atom. The smallest absolute Gasteiger partial charge is 0.321 e. The predicted molar refractivity (Wildman–Crippen MR) is 83.1 cm³/mol. The number of urea groups is 1. The fourth-order valence-electron chi connectivity index (χ4n) is 2.16. The Hall–Kier alpha value is -1.38. The Balaban J connectivity index is 2.01. The van der Waals surface area contributed by atoms with E-state index in [4.69, 9.17) is 17.3 Å². The molecule has 22 heavy (non-hydrogen) atoms. The molecule has 1 heterocycles. The summed E-state index contributed by atoms with van der Waals surface area (Å²) in [5.74, 6) is -1.39. The lowest BCUT2D eigenvalue weighted by molar-refractivity contribution is -0.140. The van der Waals surface area contributed by atoms with Gasteiger partial charge in [-0.1, -0.05) is 11.6 Å². The molecule has 1 saturated heterocycles. The van der Waals surface area contributed by atoms with E-state index in [9.17, 15) is 19.1 Å². The lowest BCUT2D eigenvalue weighted by Crippen LogP contribution is -2.54. The number of halogens is 3. The monoisotopic (exact) mass is 393 g/mol. The summed E-state index contributed by atoms with van der Waals surface area (Å²) in [5.41, 5.74) is 3.76. The van der Waals surface area contributed by atoms with Gasteiger partial charge in [0.15, 0.2) is 0 Å². The summed E-state index contributed by atoms with van der Waals surface area (Å²) < 4.78 is 13.7. The summed E-state index contributed by atoms with van der Waals surface area (Å²) in [7, 11) is 0. The first kappa shape index (κ1) is 17.0. The SMILES string of the molecule is NC(=O)C1(O)CCN(C(=O)Nc2cc(F)c(Br)c(Cl)c2)CC1. The van der Waals surface area contributed by atoms with Crippen LogP contribution in [0, 0.1) is 5.82 Å². The number of amides is 3. The van der Waals surface area contributed by atoms with Gasteiger partial charge in [0.25, 0.3) is 0 Å². The number of likely N-dealkylation sites (tertiary alicyclic amines) is 1. The summed E-state index contributed by atoms with van der Waals surface area (Å²) in [5, 5.41) is 12.6. The van der Waals surface area contributed by atoms with Crippen LogP contribution in [0.1, 0.15) is 12.8 Å². The number of nitrogens with two attached hydrogens (primary N) is 1. The van der Waals surface area contributed by atoms with Gasteiger partial charge in [0.05, 0.1) is 9.50 Å². The van der Waals surface area contributed by atoms with Crippen LogP contribution in [-0.4, -0.2) is 40.6 Å². The van der Waals surface area contributed by atoms with Gasteiger partial charge in [-0.15, -0.1) is 0 Å². The quantitative estimate of drug-likeness (QED) is 0.670. The van der Waals surface area contributed by atoms with Gasteiger partial charge in [-0.3, -0.25) is 4.79 Å². The van der Waals surface area contributed by atoms with Crippen molar-refractivity contribution in [1.29, 1.82) is 0 Å². The van der Waals surface area contributed by atoms with Crippen LogP contribution in [0.5, 0.6) is 0 Å². The van der Waals surface area contributed by atoms with Crippen LogP contribution in [0.25, 0.3) is 0 Å². The molecular formula is C13H14BrClFN3O3. The van der Waals surface area contributed by atoms with E-state index in [0.717, 1.165) is 6.07 Å². The van der Waals surface area contributed by atoms with Gasteiger partial charge < -0.3 is 21.1 Å². The molecule has 0 bridgehead atoms. The highest BCUT2D eigenvalue weighted by molar-refractivity contribution is 9.10. The maximum Gasteiger partial charge on any atom is 0.321 e. The summed E-state index contributed by atoms with van der Waals surface area (Å²) in [6.07, 6.45) is 0.121. The number of carbonyl (C=O) groups excluding carboxylic acids is 2. The topological polar surface area (TPSA) is 95.7 Å². The highest BCUT2D eigenvalue weighted by Crippen LogP contribution is 2.29. The lowest BCUT2D eigenvalue weighted by Gasteiger charge is -2.35. The zero-order valence-electron chi connectivity index (χ0n) is 11.4. The van der Waals surface area contributed by atoms with Crippen LogP contribution < -0.4 is 11.1 Å². The van der Waals surface area contributed by atoms with Crippen LogP contribution in [0.3, 0.4) is 0 Å². The van der Waals surface area contributed by atoms with Crippen molar-refractivity contribution < 1.29 is 19.1 Å². The van der Waals surface area contributed by atoms with E-state index in [1.807, 2.05) is 0 Å². The van der Waals surface area contributed by atoms with Crippen LogP contribution in [-0.2, 0) is 4.79 Å². The summed E-state index contributed by atoms with van der Waals surface area (Å²) in [4.78, 5) is 24.6. The van der Waals surface area contributed by atoms with Crippen molar-refractivity contribution in [2.75, 3.05) is 18.4 Å². The molecule has 1 fully saturated rings. The van der Waals surface area contributed by atoms with Crippen LogP contribution in [0.2, 0.25) is 5.02 Å². The Morgan fingerprint density at radius 3 is 2.50 bits per heavy atom. The van der Waals surface area contributed by atoms with Crippen LogP contribution in [0.15, 0.2) is 16.6 Å². The number of aliphatic hydroxyl groups is 1. The number of nitrogens with one attached hydrogen (secondary N) is 1. The second-order valence-electron chi connectivity index (χ2n) is 5.07. The molecule has 1 aromatic carbocycles. The molecule has 0 aliphatic carbocycles. The molecule has 1 aliphatic heterocycles. The molecule has 2 rings (SSSR count). The van der Waals surface area contributed by atoms with Gasteiger partial charge in [0.2, 0.25) is 5.91 Å². The molecule has 0 saturated carbocycles. The fourth-order valence-corrected chi connectivity index (χ4v) is 2.59. The zero-order valence-corrected chi connectivity index (χ0v) is 13.7. The largest absolute Gasteiger partial charge is 0.380 e. The maximum absolute atomic E-state index is 13.5. The molecule has 4 N–H and O–H groups in total. The molecule has 0 aromatic heterocycles. The van der Waals surface area contributed by atoms with Crippen LogP contribution in [0.4, 0.5) is 14.9 Å². The highest BCUT2D eigenvalue weighted by atomic mass is 79.9. The number of hydrogen-bond donors (Lipinski definition) is 3. The second kappa shape index (κ2) is 6.39. The molecule has 1 aromatic rings. The molecule has 6 nitrogen and oxygen atoms in total. The first-order valence-electron chi connectivity index (χ1n) is 6.46. The third-order valence-electron chi connectivity index (χ3n) is 3.57. The minimum atomic E-state index is -1.58. The molecule has 0 unspecified atom stereocenters. The standard InChI is InChI=1S/C13H14BrClFN3O3/c14-10-8(15)5-7(6-9(10)16)18-12(21)19-3-1-13(22,2-4-19)11(17)20/h5-6,22H,1-4H2,(H2,17,20)(H,18,21). The average molecular weight is 395 g/mol. The number of hydrogen-bond acceptors (Lipinski definition) is 3. The number of rotatable bonds is 2. The zero-order chi connectivity index (χ0) is 16.5. The minimum Gasteiger partial charge on any atom is -0.380 e. The fraction of sp³-hybridized carbons (Fsp3) is 0.385. The average Bonchev–Trinajstić information content (AvgIpc) is 2.45. The summed E-state index contributed by atoms with van der Waals surface area (Å²) >= 11 is 8.80. The normalized spacial score (nSPS) is 17.2. The number of anilines is 1. The molecule has 1 aliphatic rings. The van der Waals surface area contributed by atoms with Gasteiger partial charge in [-0.05, 0) is 28.1 Å². The van der Waals surface area contributed by atoms with Crippen molar-refractivity contribution in [2.24, 2.45) is 5.73 Å². The number of benzene rings is 1. The second-order valence-corrected chi connectivity index (χ2v) is 6.27. The number of carbonyl (C=O) groups is 2. The van der Waals surface area contributed by atoms with Crippen molar-refractivity contribution in [3.63, 3.8) is 0 Å². The number of primary amides is 1. The van der Waals surface area contributed by atoms with E-state index in [-0.39, 0.29) is 41.1 Å². The van der Waals surface area contributed by atoms with E-state index in [1.165, 1.54) is 11.0 Å².